The summed E-state index contributed by atoms with van der Waals surface area (Å²) in [6.07, 6.45) is 3.84. The number of carbonyl (C=O) groups is 3. The van der Waals surface area contributed by atoms with Crippen LogP contribution < -0.4 is 10.6 Å². The van der Waals surface area contributed by atoms with Gasteiger partial charge in [0, 0.05) is 20.1 Å². The molecule has 0 unspecified atom stereocenters. The summed E-state index contributed by atoms with van der Waals surface area (Å²) in [6, 6.07) is 4.74. The van der Waals surface area contributed by atoms with Gasteiger partial charge >= 0.3 is 12.0 Å². The summed E-state index contributed by atoms with van der Waals surface area (Å²) in [5, 5.41) is 4.78. The minimum absolute atomic E-state index is 0.0128. The van der Waals surface area contributed by atoms with Crippen LogP contribution in [0.25, 0.3) is 0 Å². The van der Waals surface area contributed by atoms with Crippen LogP contribution in [0.5, 0.6) is 0 Å². The molecule has 0 heterocycles. The molecule has 1 aliphatic rings. The molecule has 0 atom stereocenters. The van der Waals surface area contributed by atoms with Crippen LogP contribution in [0.3, 0.4) is 0 Å². The van der Waals surface area contributed by atoms with Crippen molar-refractivity contribution in [1.29, 1.82) is 0 Å². The van der Waals surface area contributed by atoms with E-state index < -0.39 is 34.5 Å². The molecule has 1 saturated carbocycles. The molecule has 0 aromatic heterocycles. The Labute approximate surface area is 158 Å². The third kappa shape index (κ3) is 5.76. The maximum absolute atomic E-state index is 12.1. The Morgan fingerprint density at radius 2 is 1.85 bits per heavy atom. The van der Waals surface area contributed by atoms with Crippen LogP contribution in [0.1, 0.15) is 36.0 Å². The first kappa shape index (κ1) is 20.8. The van der Waals surface area contributed by atoms with Crippen molar-refractivity contribution in [3.63, 3.8) is 0 Å². The van der Waals surface area contributed by atoms with Crippen molar-refractivity contribution in [3.8, 4) is 0 Å². The van der Waals surface area contributed by atoms with E-state index in [1.54, 1.807) is 0 Å². The maximum atomic E-state index is 12.1. The van der Waals surface area contributed by atoms with Crippen molar-refractivity contribution in [3.05, 3.63) is 29.8 Å². The molecule has 27 heavy (non-hydrogen) atoms. The second kappa shape index (κ2) is 8.96. The Bertz CT molecular complexity index is 816. The number of imide groups is 1. The van der Waals surface area contributed by atoms with Gasteiger partial charge in [-0.15, -0.1) is 0 Å². The lowest BCUT2D eigenvalue weighted by Gasteiger charge is -2.13. The third-order valence-corrected chi connectivity index (χ3v) is 5.94. The average molecular weight is 397 g/mol. The van der Waals surface area contributed by atoms with E-state index in [2.05, 4.69) is 10.6 Å². The van der Waals surface area contributed by atoms with Crippen LogP contribution in [0.4, 0.5) is 4.79 Å². The summed E-state index contributed by atoms with van der Waals surface area (Å²) >= 11 is 0. The van der Waals surface area contributed by atoms with E-state index in [0.717, 1.165) is 30.0 Å². The Hall–Kier alpha value is -2.46. The van der Waals surface area contributed by atoms with E-state index in [1.807, 2.05) is 0 Å². The fourth-order valence-electron chi connectivity index (χ4n) is 2.66. The van der Waals surface area contributed by atoms with Crippen LogP contribution in [0.2, 0.25) is 0 Å². The van der Waals surface area contributed by atoms with E-state index in [4.69, 9.17) is 4.74 Å². The number of nitrogens with one attached hydrogen (secondary N) is 2. The predicted molar refractivity (Wildman–Crippen MR) is 96.5 cm³/mol. The van der Waals surface area contributed by atoms with Gasteiger partial charge in [-0.1, -0.05) is 18.9 Å². The molecule has 1 aromatic rings. The number of amides is 3. The van der Waals surface area contributed by atoms with Crippen molar-refractivity contribution in [1.82, 2.24) is 14.9 Å². The quantitative estimate of drug-likeness (QED) is 0.687. The van der Waals surface area contributed by atoms with Gasteiger partial charge in [0.2, 0.25) is 10.0 Å². The molecule has 0 saturated heterocycles. The Morgan fingerprint density at radius 1 is 1.19 bits per heavy atom. The van der Waals surface area contributed by atoms with Crippen LogP contribution in [-0.2, 0) is 19.6 Å². The van der Waals surface area contributed by atoms with Crippen LogP contribution in [-0.4, -0.2) is 57.4 Å². The van der Waals surface area contributed by atoms with Crippen molar-refractivity contribution < 1.29 is 27.5 Å². The molecule has 1 aromatic carbocycles. The smallest absolute Gasteiger partial charge is 0.338 e. The molecular weight excluding hydrogens is 374 g/mol. The number of urea groups is 1. The molecule has 0 aliphatic heterocycles. The van der Waals surface area contributed by atoms with Gasteiger partial charge in [-0.25, -0.2) is 22.3 Å². The minimum Gasteiger partial charge on any atom is -0.452 e. The molecule has 0 bridgehead atoms. The minimum atomic E-state index is -3.70. The molecule has 10 heteroatoms. The summed E-state index contributed by atoms with van der Waals surface area (Å²) in [6.45, 7) is -0.651. The number of nitrogens with zero attached hydrogens (tertiary/aromatic N) is 1. The third-order valence-electron chi connectivity index (χ3n) is 4.13. The average Bonchev–Trinajstić information content (AvgIpc) is 3.12. The summed E-state index contributed by atoms with van der Waals surface area (Å²) < 4.78 is 30.1. The van der Waals surface area contributed by atoms with Crippen LogP contribution >= 0.6 is 0 Å². The Balaban J connectivity index is 1.88. The number of esters is 1. The molecule has 1 aliphatic carbocycles. The molecule has 9 nitrogen and oxygen atoms in total. The number of hydrogen-bond acceptors (Lipinski definition) is 6. The van der Waals surface area contributed by atoms with Gasteiger partial charge in [0.25, 0.3) is 5.91 Å². The van der Waals surface area contributed by atoms with Gasteiger partial charge in [-0.2, -0.15) is 0 Å². The van der Waals surface area contributed by atoms with Crippen molar-refractivity contribution in [2.24, 2.45) is 0 Å². The second-order valence-corrected chi connectivity index (χ2v) is 8.55. The molecule has 0 spiro atoms. The fraction of sp³-hybridized carbons (Fsp3) is 0.471. The van der Waals surface area contributed by atoms with Gasteiger partial charge in [-0.3, -0.25) is 10.1 Å². The largest absolute Gasteiger partial charge is 0.452 e. The highest BCUT2D eigenvalue weighted by Gasteiger charge is 2.21. The predicted octanol–water partition coefficient (Wildman–Crippen LogP) is 0.862. The number of carbonyl (C=O) groups excluding carboxylic acids is 3. The summed E-state index contributed by atoms with van der Waals surface area (Å²) in [5.74, 6) is -1.63. The molecule has 148 valence electrons. The first-order valence-corrected chi connectivity index (χ1v) is 9.94. The van der Waals surface area contributed by atoms with Crippen LogP contribution in [0, 0.1) is 0 Å². The molecule has 0 radical (unpaired) electrons. The zero-order valence-electron chi connectivity index (χ0n) is 15.2. The van der Waals surface area contributed by atoms with Gasteiger partial charge in [-0.05, 0) is 31.0 Å². The number of benzene rings is 1. The number of sulfonamides is 1. The SMILES string of the molecule is CN(C)S(=O)(=O)c1cccc(C(=O)OCC(=O)NC(=O)NC2CCCC2)c1. The molecular formula is C17H23N3O6S. The monoisotopic (exact) mass is 397 g/mol. The second-order valence-electron chi connectivity index (χ2n) is 6.39. The standard InChI is InChI=1S/C17H23N3O6S/c1-20(2)27(24,25)14-9-5-6-12(10-14)16(22)26-11-15(21)19-17(23)18-13-7-3-4-8-13/h5-6,9-10,13H,3-4,7-8,11H2,1-2H3,(H2,18,19,21,23). The van der Waals surface area contributed by atoms with Gasteiger partial charge in [0.05, 0.1) is 10.5 Å². The summed E-state index contributed by atoms with van der Waals surface area (Å²) in [5.41, 5.74) is -0.0128. The highest BCUT2D eigenvalue weighted by Crippen LogP contribution is 2.17. The van der Waals surface area contributed by atoms with Gasteiger partial charge < -0.3 is 10.1 Å². The van der Waals surface area contributed by atoms with Crippen molar-refractivity contribution >= 4 is 27.9 Å². The molecule has 3 amide bonds. The van der Waals surface area contributed by atoms with Crippen molar-refractivity contribution in [2.75, 3.05) is 20.7 Å². The first-order chi connectivity index (χ1) is 12.7. The summed E-state index contributed by atoms with van der Waals surface area (Å²) in [4.78, 5) is 35.4. The molecule has 1 fully saturated rings. The Morgan fingerprint density at radius 3 is 2.48 bits per heavy atom. The lowest BCUT2D eigenvalue weighted by Crippen LogP contribution is -2.45. The van der Waals surface area contributed by atoms with E-state index >= 15 is 0 Å². The first-order valence-electron chi connectivity index (χ1n) is 8.50. The molecule has 2 rings (SSSR count). The lowest BCUT2D eigenvalue weighted by molar-refractivity contribution is -0.123. The molecule has 2 N–H and O–H groups in total. The van der Waals surface area contributed by atoms with Crippen molar-refractivity contribution in [2.45, 2.75) is 36.6 Å². The maximum Gasteiger partial charge on any atom is 0.338 e. The zero-order chi connectivity index (χ0) is 20.0. The lowest BCUT2D eigenvalue weighted by atomic mass is 10.2. The van der Waals surface area contributed by atoms with Gasteiger partial charge in [0.1, 0.15) is 0 Å². The van der Waals surface area contributed by atoms with E-state index in [-0.39, 0.29) is 16.5 Å². The highest BCUT2D eigenvalue weighted by molar-refractivity contribution is 7.89. The van der Waals surface area contributed by atoms with E-state index in [9.17, 15) is 22.8 Å². The zero-order valence-corrected chi connectivity index (χ0v) is 16.0. The number of hydrogen-bond donors (Lipinski definition) is 2. The van der Waals surface area contributed by atoms with Crippen LogP contribution in [0.15, 0.2) is 29.2 Å². The van der Waals surface area contributed by atoms with E-state index in [1.165, 1.54) is 38.4 Å². The highest BCUT2D eigenvalue weighted by atomic mass is 32.2. The fourth-order valence-corrected chi connectivity index (χ4v) is 3.61. The van der Waals surface area contributed by atoms with E-state index in [0.29, 0.717) is 0 Å². The topological polar surface area (TPSA) is 122 Å². The normalized spacial score (nSPS) is 14.8. The summed E-state index contributed by atoms with van der Waals surface area (Å²) in [7, 11) is -0.946. The number of ether oxygens (including phenoxy) is 1. The Kier molecular flexibility index (Phi) is 6.92. The van der Waals surface area contributed by atoms with Gasteiger partial charge in [0.15, 0.2) is 6.61 Å². The number of rotatable bonds is 6.